The summed E-state index contributed by atoms with van der Waals surface area (Å²) < 4.78 is 1.67. The minimum atomic E-state index is -0.0688. The maximum Gasteiger partial charge on any atom is 0.195 e. The zero-order chi connectivity index (χ0) is 9.97. The molecule has 0 unspecified atom stereocenters. The molecule has 0 N–H and O–H groups in total. The summed E-state index contributed by atoms with van der Waals surface area (Å²) in [6.07, 6.45) is 4.99. The molecule has 0 spiro atoms. The maximum absolute atomic E-state index is 11.2. The quantitative estimate of drug-likeness (QED) is 0.669. The van der Waals surface area contributed by atoms with Gasteiger partial charge in [0.25, 0.3) is 0 Å². The Morgan fingerprint density at radius 1 is 1.29 bits per heavy atom. The fourth-order valence-electron chi connectivity index (χ4n) is 1.25. The largest absolute Gasteiger partial charge is 0.291 e. The molecule has 2 aromatic heterocycles. The van der Waals surface area contributed by atoms with E-state index in [1.807, 2.05) is 18.2 Å². The Bertz CT molecular complexity index is 447. The van der Waals surface area contributed by atoms with Crippen LogP contribution in [0.2, 0.25) is 0 Å². The number of aromatic nitrogens is 3. The van der Waals surface area contributed by atoms with Crippen LogP contribution in [-0.2, 0) is 0 Å². The van der Waals surface area contributed by atoms with Gasteiger partial charge in [-0.15, -0.1) is 0 Å². The fraction of sp³-hybridized carbons (Fsp3) is 0.100. The third-order valence-electron chi connectivity index (χ3n) is 1.85. The number of rotatable bonds is 2. The Balaban J connectivity index is 2.52. The van der Waals surface area contributed by atoms with Crippen molar-refractivity contribution >= 4 is 5.78 Å². The highest BCUT2D eigenvalue weighted by atomic mass is 16.1. The molecule has 0 saturated heterocycles. The first-order valence-electron chi connectivity index (χ1n) is 4.25. The summed E-state index contributed by atoms with van der Waals surface area (Å²) in [4.78, 5) is 19.3. The summed E-state index contributed by atoms with van der Waals surface area (Å²) in [5.41, 5.74) is 0. The SMILES string of the molecule is CC(=O)c1nccn1-c1ccccn1. The maximum atomic E-state index is 11.2. The molecule has 0 aliphatic carbocycles. The van der Waals surface area contributed by atoms with Crippen molar-refractivity contribution < 1.29 is 4.79 Å². The third kappa shape index (κ3) is 1.42. The standard InChI is InChI=1S/C10H9N3O/c1-8(14)10-12-6-7-13(10)9-4-2-3-5-11-9/h2-7H,1H3. The molecule has 0 saturated carbocycles. The van der Waals surface area contributed by atoms with Gasteiger partial charge in [0, 0.05) is 25.5 Å². The molecule has 0 amide bonds. The van der Waals surface area contributed by atoms with E-state index in [2.05, 4.69) is 9.97 Å². The van der Waals surface area contributed by atoms with Crippen LogP contribution in [0.1, 0.15) is 17.5 Å². The van der Waals surface area contributed by atoms with Gasteiger partial charge in [0.1, 0.15) is 5.82 Å². The molecule has 14 heavy (non-hydrogen) atoms. The lowest BCUT2D eigenvalue weighted by Gasteiger charge is -2.02. The summed E-state index contributed by atoms with van der Waals surface area (Å²) in [5, 5.41) is 0. The van der Waals surface area contributed by atoms with Crippen LogP contribution in [0.15, 0.2) is 36.8 Å². The average molecular weight is 187 g/mol. The van der Waals surface area contributed by atoms with Crippen molar-refractivity contribution in [1.29, 1.82) is 0 Å². The van der Waals surface area contributed by atoms with Gasteiger partial charge in [0.05, 0.1) is 0 Å². The van der Waals surface area contributed by atoms with Gasteiger partial charge in [-0.2, -0.15) is 0 Å². The number of carbonyl (C=O) groups is 1. The van der Waals surface area contributed by atoms with Crippen LogP contribution in [0.25, 0.3) is 5.82 Å². The molecule has 0 fully saturated rings. The highest BCUT2D eigenvalue weighted by Crippen LogP contribution is 2.07. The van der Waals surface area contributed by atoms with Crippen molar-refractivity contribution in [2.75, 3.05) is 0 Å². The molecule has 0 bridgehead atoms. The first-order valence-corrected chi connectivity index (χ1v) is 4.25. The van der Waals surface area contributed by atoms with Crippen molar-refractivity contribution in [1.82, 2.24) is 14.5 Å². The van der Waals surface area contributed by atoms with Crippen molar-refractivity contribution in [3.05, 3.63) is 42.6 Å². The van der Waals surface area contributed by atoms with E-state index in [-0.39, 0.29) is 5.78 Å². The number of nitrogens with zero attached hydrogens (tertiary/aromatic N) is 3. The molecule has 0 aliphatic heterocycles. The first-order chi connectivity index (χ1) is 6.79. The minimum absolute atomic E-state index is 0.0688. The summed E-state index contributed by atoms with van der Waals surface area (Å²) >= 11 is 0. The van der Waals surface area contributed by atoms with Crippen molar-refractivity contribution in [3.8, 4) is 5.82 Å². The van der Waals surface area contributed by atoms with Crippen LogP contribution in [0.4, 0.5) is 0 Å². The minimum Gasteiger partial charge on any atom is -0.291 e. The number of hydrogen-bond acceptors (Lipinski definition) is 3. The molecule has 0 aliphatic rings. The van der Waals surface area contributed by atoms with Gasteiger partial charge in [-0.3, -0.25) is 9.36 Å². The molecule has 4 nitrogen and oxygen atoms in total. The Morgan fingerprint density at radius 2 is 2.14 bits per heavy atom. The van der Waals surface area contributed by atoms with Gasteiger partial charge in [-0.05, 0) is 12.1 Å². The van der Waals surface area contributed by atoms with Crippen molar-refractivity contribution in [2.24, 2.45) is 0 Å². The van der Waals surface area contributed by atoms with Gasteiger partial charge in [0.15, 0.2) is 11.6 Å². The van der Waals surface area contributed by atoms with E-state index in [4.69, 9.17) is 0 Å². The van der Waals surface area contributed by atoms with E-state index in [1.54, 1.807) is 23.2 Å². The van der Waals surface area contributed by atoms with E-state index in [9.17, 15) is 4.79 Å². The van der Waals surface area contributed by atoms with Gasteiger partial charge < -0.3 is 0 Å². The third-order valence-corrected chi connectivity index (χ3v) is 1.85. The molecule has 2 aromatic rings. The number of carbonyl (C=O) groups excluding carboxylic acids is 1. The van der Waals surface area contributed by atoms with Gasteiger partial charge >= 0.3 is 0 Å². The molecule has 2 heterocycles. The van der Waals surface area contributed by atoms with Gasteiger partial charge in [-0.25, -0.2) is 9.97 Å². The van der Waals surface area contributed by atoms with Crippen LogP contribution in [0.3, 0.4) is 0 Å². The van der Waals surface area contributed by atoms with Gasteiger partial charge in [0.2, 0.25) is 0 Å². The van der Waals surface area contributed by atoms with E-state index >= 15 is 0 Å². The molecule has 4 heteroatoms. The average Bonchev–Trinajstić information content (AvgIpc) is 2.67. The molecule has 0 radical (unpaired) electrons. The smallest absolute Gasteiger partial charge is 0.195 e. The lowest BCUT2D eigenvalue weighted by atomic mass is 10.4. The summed E-state index contributed by atoms with van der Waals surface area (Å²) in [6, 6.07) is 5.52. The monoisotopic (exact) mass is 187 g/mol. The van der Waals surface area contributed by atoms with E-state index in [1.165, 1.54) is 6.92 Å². The van der Waals surface area contributed by atoms with Crippen LogP contribution in [0.5, 0.6) is 0 Å². The second-order valence-corrected chi connectivity index (χ2v) is 2.86. The molecule has 0 aromatic carbocycles. The fourth-order valence-corrected chi connectivity index (χ4v) is 1.25. The van der Waals surface area contributed by atoms with Crippen LogP contribution in [-0.4, -0.2) is 20.3 Å². The second-order valence-electron chi connectivity index (χ2n) is 2.86. The number of ketones is 1. The Kier molecular flexibility index (Phi) is 2.10. The van der Waals surface area contributed by atoms with E-state index < -0.39 is 0 Å². The Hall–Kier alpha value is -1.97. The summed E-state index contributed by atoms with van der Waals surface area (Å²) in [6.45, 7) is 1.49. The molecular formula is C10H9N3O. The van der Waals surface area contributed by atoms with Crippen LogP contribution >= 0.6 is 0 Å². The second kappa shape index (κ2) is 3.41. The van der Waals surface area contributed by atoms with Crippen LogP contribution in [0, 0.1) is 0 Å². The summed E-state index contributed by atoms with van der Waals surface area (Å²) in [5.74, 6) is 1.04. The summed E-state index contributed by atoms with van der Waals surface area (Å²) in [7, 11) is 0. The predicted molar refractivity (Wildman–Crippen MR) is 51.4 cm³/mol. The van der Waals surface area contributed by atoms with E-state index in [0.29, 0.717) is 11.6 Å². The Morgan fingerprint density at radius 3 is 2.79 bits per heavy atom. The normalized spacial score (nSPS) is 10.1. The molecule has 0 atom stereocenters. The highest BCUT2D eigenvalue weighted by molar-refractivity contribution is 5.91. The Labute approximate surface area is 81.2 Å². The van der Waals surface area contributed by atoms with E-state index in [0.717, 1.165) is 0 Å². The predicted octanol–water partition coefficient (Wildman–Crippen LogP) is 1.47. The lowest BCUT2D eigenvalue weighted by molar-refractivity contribution is 0.100. The first kappa shape index (κ1) is 8.62. The van der Waals surface area contributed by atoms with Gasteiger partial charge in [-0.1, -0.05) is 6.07 Å². The number of hydrogen-bond donors (Lipinski definition) is 0. The lowest BCUT2D eigenvalue weighted by Crippen LogP contribution is -2.06. The zero-order valence-corrected chi connectivity index (χ0v) is 7.71. The van der Waals surface area contributed by atoms with Crippen LogP contribution < -0.4 is 0 Å². The molecular weight excluding hydrogens is 178 g/mol. The molecule has 2 rings (SSSR count). The highest BCUT2D eigenvalue weighted by Gasteiger charge is 2.08. The topological polar surface area (TPSA) is 47.8 Å². The number of pyridine rings is 1. The zero-order valence-electron chi connectivity index (χ0n) is 7.71. The molecule has 70 valence electrons. The number of Topliss-reactive ketones (excluding diaryl/α,β-unsaturated/α-hetero) is 1. The van der Waals surface area contributed by atoms with Crippen molar-refractivity contribution in [3.63, 3.8) is 0 Å². The van der Waals surface area contributed by atoms with Crippen molar-refractivity contribution in [2.45, 2.75) is 6.92 Å². The number of imidazole rings is 1.